The number of aromatic nitrogens is 3. The predicted octanol–water partition coefficient (Wildman–Crippen LogP) is 6.32. The molecule has 0 unspecified atom stereocenters. The molecule has 0 fully saturated rings. The first-order valence-corrected chi connectivity index (χ1v) is 9.55. The fraction of sp³-hybridized carbons (Fsp3) is 0. The summed E-state index contributed by atoms with van der Waals surface area (Å²) in [6.07, 6.45) is 0. The molecule has 0 bridgehead atoms. The van der Waals surface area contributed by atoms with Gasteiger partial charge in [0, 0.05) is 16.8 Å². The molecule has 0 radical (unpaired) electrons. The number of halogens is 1. The molecule has 0 spiro atoms. The zero-order chi connectivity index (χ0) is 19.6. The summed E-state index contributed by atoms with van der Waals surface area (Å²) in [7, 11) is 0. The Kier molecular flexibility index (Phi) is 4.42. The average molecular weight is 398 g/mol. The third-order valence-corrected chi connectivity index (χ3v) is 4.82. The molecule has 0 amide bonds. The van der Waals surface area contributed by atoms with Crippen molar-refractivity contribution in [3.63, 3.8) is 0 Å². The van der Waals surface area contributed by atoms with Crippen LogP contribution >= 0.6 is 11.6 Å². The lowest BCUT2D eigenvalue weighted by molar-refractivity contribution is 1.06. The molecule has 0 aliphatic carbocycles. The molecular formula is C23H16ClN5. The second-order valence-electron chi connectivity index (χ2n) is 6.59. The molecule has 29 heavy (non-hydrogen) atoms. The Bertz CT molecular complexity index is 1330. The van der Waals surface area contributed by atoms with Crippen molar-refractivity contribution in [3.05, 3.63) is 90.2 Å². The van der Waals surface area contributed by atoms with Crippen molar-refractivity contribution in [3.8, 4) is 0 Å². The summed E-state index contributed by atoms with van der Waals surface area (Å²) in [5, 5.41) is 11.1. The zero-order valence-corrected chi connectivity index (χ0v) is 16.1. The molecule has 0 saturated carbocycles. The van der Waals surface area contributed by atoms with Crippen LogP contribution in [0.25, 0.3) is 21.5 Å². The molecule has 0 atom stereocenters. The van der Waals surface area contributed by atoms with Gasteiger partial charge in [-0.25, -0.2) is 0 Å². The molecule has 0 aliphatic heterocycles. The largest absolute Gasteiger partial charge is 0.324 e. The van der Waals surface area contributed by atoms with Gasteiger partial charge in [-0.3, -0.25) is 0 Å². The molecule has 140 valence electrons. The zero-order valence-electron chi connectivity index (χ0n) is 15.3. The van der Waals surface area contributed by atoms with Crippen molar-refractivity contribution < 1.29 is 0 Å². The number of anilines is 4. The van der Waals surface area contributed by atoms with Crippen molar-refractivity contribution in [2.24, 2.45) is 0 Å². The molecular weight excluding hydrogens is 382 g/mol. The first kappa shape index (κ1) is 17.4. The van der Waals surface area contributed by atoms with E-state index in [1.54, 1.807) is 0 Å². The van der Waals surface area contributed by atoms with Gasteiger partial charge in [-0.2, -0.15) is 15.0 Å². The molecule has 5 nitrogen and oxygen atoms in total. The number of fused-ring (bicyclic) bond motifs is 2. The van der Waals surface area contributed by atoms with Crippen LogP contribution < -0.4 is 10.6 Å². The third kappa shape index (κ3) is 3.68. The molecule has 5 aromatic rings. The Labute approximate surface area is 172 Å². The molecule has 0 aliphatic rings. The molecule has 1 aromatic heterocycles. The second kappa shape index (κ2) is 7.37. The lowest BCUT2D eigenvalue weighted by Crippen LogP contribution is -2.04. The highest BCUT2D eigenvalue weighted by atomic mass is 35.5. The van der Waals surface area contributed by atoms with Gasteiger partial charge < -0.3 is 10.6 Å². The summed E-state index contributed by atoms with van der Waals surface area (Å²) >= 11 is 6.15. The summed E-state index contributed by atoms with van der Waals surface area (Å²) in [6, 6.07) is 28.4. The SMILES string of the molecule is Clc1nc(Nc2ccc3ccccc3c2)nc(Nc2cccc3ccccc23)n1. The highest BCUT2D eigenvalue weighted by Crippen LogP contribution is 2.26. The van der Waals surface area contributed by atoms with E-state index in [4.69, 9.17) is 11.6 Å². The topological polar surface area (TPSA) is 62.7 Å². The monoisotopic (exact) mass is 397 g/mol. The highest BCUT2D eigenvalue weighted by molar-refractivity contribution is 6.28. The number of benzene rings is 4. The van der Waals surface area contributed by atoms with E-state index in [1.165, 1.54) is 5.39 Å². The molecule has 2 N–H and O–H groups in total. The lowest BCUT2D eigenvalue weighted by Gasteiger charge is -2.11. The van der Waals surface area contributed by atoms with Gasteiger partial charge >= 0.3 is 0 Å². The van der Waals surface area contributed by atoms with Crippen LogP contribution in [0.5, 0.6) is 0 Å². The Morgan fingerprint density at radius 1 is 0.586 bits per heavy atom. The van der Waals surface area contributed by atoms with Crippen LogP contribution in [0.3, 0.4) is 0 Å². The van der Waals surface area contributed by atoms with E-state index < -0.39 is 0 Å². The second-order valence-corrected chi connectivity index (χ2v) is 6.93. The van der Waals surface area contributed by atoms with Gasteiger partial charge in [0.15, 0.2) is 0 Å². The average Bonchev–Trinajstić information content (AvgIpc) is 2.73. The van der Waals surface area contributed by atoms with E-state index >= 15 is 0 Å². The summed E-state index contributed by atoms with van der Waals surface area (Å²) in [5.74, 6) is 0.757. The molecule has 4 aromatic carbocycles. The first-order valence-electron chi connectivity index (χ1n) is 9.17. The Morgan fingerprint density at radius 3 is 2.14 bits per heavy atom. The van der Waals surface area contributed by atoms with E-state index in [9.17, 15) is 0 Å². The van der Waals surface area contributed by atoms with Crippen molar-refractivity contribution >= 4 is 56.4 Å². The maximum absolute atomic E-state index is 6.15. The predicted molar refractivity (Wildman–Crippen MR) is 119 cm³/mol. The first-order chi connectivity index (χ1) is 14.2. The van der Waals surface area contributed by atoms with Gasteiger partial charge in [-0.1, -0.05) is 66.7 Å². The Balaban J connectivity index is 1.46. The fourth-order valence-electron chi connectivity index (χ4n) is 3.31. The Hall–Kier alpha value is -3.70. The van der Waals surface area contributed by atoms with Crippen molar-refractivity contribution in [2.45, 2.75) is 0 Å². The van der Waals surface area contributed by atoms with Crippen molar-refractivity contribution in [2.75, 3.05) is 10.6 Å². The lowest BCUT2D eigenvalue weighted by atomic mass is 10.1. The van der Waals surface area contributed by atoms with Crippen LogP contribution in [0.15, 0.2) is 84.9 Å². The summed E-state index contributed by atoms with van der Waals surface area (Å²) in [5.41, 5.74) is 1.78. The van der Waals surface area contributed by atoms with Crippen LogP contribution in [0.4, 0.5) is 23.3 Å². The van der Waals surface area contributed by atoms with Crippen LogP contribution in [0.1, 0.15) is 0 Å². The standard InChI is InChI=1S/C23H16ClN5/c24-21-27-22(25-18-13-12-15-6-1-2-8-17(15)14-18)29-23(28-21)26-20-11-5-9-16-7-3-4-10-19(16)20/h1-14H,(H2,25,26,27,28,29). The minimum atomic E-state index is 0.117. The summed E-state index contributed by atoms with van der Waals surface area (Å²) in [6.45, 7) is 0. The highest BCUT2D eigenvalue weighted by Gasteiger charge is 2.08. The maximum atomic E-state index is 6.15. The molecule has 6 heteroatoms. The van der Waals surface area contributed by atoms with Gasteiger partial charge in [0.2, 0.25) is 17.2 Å². The minimum absolute atomic E-state index is 0.117. The van der Waals surface area contributed by atoms with Crippen LogP contribution in [0.2, 0.25) is 5.28 Å². The minimum Gasteiger partial charge on any atom is -0.324 e. The van der Waals surface area contributed by atoms with Gasteiger partial charge in [0.1, 0.15) is 0 Å². The molecule has 5 rings (SSSR count). The molecule has 1 heterocycles. The molecule has 0 saturated heterocycles. The van der Waals surface area contributed by atoms with Crippen molar-refractivity contribution in [1.29, 1.82) is 0 Å². The quantitative estimate of drug-likeness (QED) is 0.371. The third-order valence-electron chi connectivity index (χ3n) is 4.65. The number of nitrogens with one attached hydrogen (secondary N) is 2. The number of hydrogen-bond donors (Lipinski definition) is 2. The van der Waals surface area contributed by atoms with E-state index in [2.05, 4.69) is 62.0 Å². The van der Waals surface area contributed by atoms with E-state index in [-0.39, 0.29) is 5.28 Å². The smallest absolute Gasteiger partial charge is 0.233 e. The van der Waals surface area contributed by atoms with E-state index in [0.717, 1.165) is 27.5 Å². The van der Waals surface area contributed by atoms with E-state index in [0.29, 0.717) is 11.9 Å². The van der Waals surface area contributed by atoms with Crippen LogP contribution in [-0.2, 0) is 0 Å². The van der Waals surface area contributed by atoms with Gasteiger partial charge in [0.05, 0.1) is 0 Å². The summed E-state index contributed by atoms with van der Waals surface area (Å²) in [4.78, 5) is 12.9. The van der Waals surface area contributed by atoms with Gasteiger partial charge in [-0.05, 0) is 46.0 Å². The van der Waals surface area contributed by atoms with Crippen LogP contribution in [-0.4, -0.2) is 15.0 Å². The number of rotatable bonds is 4. The Morgan fingerprint density at radius 2 is 1.28 bits per heavy atom. The normalized spacial score (nSPS) is 10.9. The van der Waals surface area contributed by atoms with Gasteiger partial charge in [0.25, 0.3) is 0 Å². The van der Waals surface area contributed by atoms with Crippen LogP contribution in [0, 0.1) is 0 Å². The van der Waals surface area contributed by atoms with E-state index in [1.807, 2.05) is 48.5 Å². The van der Waals surface area contributed by atoms with Gasteiger partial charge in [-0.15, -0.1) is 0 Å². The fourth-order valence-corrected chi connectivity index (χ4v) is 3.47. The van der Waals surface area contributed by atoms with Crippen molar-refractivity contribution in [1.82, 2.24) is 15.0 Å². The number of nitrogens with zero attached hydrogens (tertiary/aromatic N) is 3. The number of hydrogen-bond acceptors (Lipinski definition) is 5. The summed E-state index contributed by atoms with van der Waals surface area (Å²) < 4.78 is 0. The maximum Gasteiger partial charge on any atom is 0.233 e.